The van der Waals surface area contributed by atoms with Gasteiger partial charge >= 0.3 is 0 Å². The Hall–Kier alpha value is -0.740. The maximum Gasteiger partial charge on any atom is 0.129 e. The van der Waals surface area contributed by atoms with Crippen molar-refractivity contribution < 1.29 is 0 Å². The van der Waals surface area contributed by atoms with Crippen LogP contribution in [0.25, 0.3) is 0 Å². The number of pyridine rings is 1. The summed E-state index contributed by atoms with van der Waals surface area (Å²) in [6.45, 7) is 12.2. The molecule has 0 radical (unpaired) electrons. The van der Waals surface area contributed by atoms with Crippen LogP contribution in [0.5, 0.6) is 0 Å². The molecular formula is C17H29N3S. The van der Waals surface area contributed by atoms with Crippen molar-refractivity contribution in [2.24, 2.45) is 0 Å². The van der Waals surface area contributed by atoms with Gasteiger partial charge in [0, 0.05) is 35.8 Å². The highest BCUT2D eigenvalue weighted by molar-refractivity contribution is 8.00. The number of aryl methyl sites for hydroxylation is 1. The Balaban J connectivity index is 2.19. The third kappa shape index (κ3) is 4.36. The van der Waals surface area contributed by atoms with Crippen LogP contribution < -0.4 is 10.2 Å². The van der Waals surface area contributed by atoms with Crippen molar-refractivity contribution in [1.82, 2.24) is 10.3 Å². The monoisotopic (exact) mass is 307 g/mol. The number of rotatable bonds is 6. The third-order valence-electron chi connectivity index (χ3n) is 4.22. The number of nitrogens with zero attached hydrogens (tertiary/aromatic N) is 2. The predicted octanol–water partition coefficient (Wildman–Crippen LogP) is 3.47. The minimum Gasteiger partial charge on any atom is -0.352 e. The zero-order valence-corrected chi connectivity index (χ0v) is 14.7. The summed E-state index contributed by atoms with van der Waals surface area (Å²) in [5, 5.41) is 4.18. The van der Waals surface area contributed by atoms with E-state index in [0.717, 1.165) is 26.1 Å². The lowest BCUT2D eigenvalue weighted by Crippen LogP contribution is -2.45. The van der Waals surface area contributed by atoms with E-state index in [0.29, 0.717) is 11.3 Å². The summed E-state index contributed by atoms with van der Waals surface area (Å²) in [7, 11) is 0. The van der Waals surface area contributed by atoms with Crippen LogP contribution in [0.4, 0.5) is 5.82 Å². The van der Waals surface area contributed by atoms with Crippen molar-refractivity contribution in [3.8, 4) is 0 Å². The van der Waals surface area contributed by atoms with Gasteiger partial charge in [-0.25, -0.2) is 4.98 Å². The van der Waals surface area contributed by atoms with E-state index in [1.807, 2.05) is 0 Å². The van der Waals surface area contributed by atoms with E-state index in [4.69, 9.17) is 4.98 Å². The molecule has 1 aliphatic heterocycles. The van der Waals surface area contributed by atoms with Crippen molar-refractivity contribution in [2.45, 2.75) is 58.4 Å². The second-order valence-corrected chi connectivity index (χ2v) is 7.35. The van der Waals surface area contributed by atoms with Crippen LogP contribution in [-0.2, 0) is 13.0 Å². The largest absolute Gasteiger partial charge is 0.352 e. The van der Waals surface area contributed by atoms with Crippen molar-refractivity contribution in [1.29, 1.82) is 0 Å². The minimum atomic E-state index is 0.555. The summed E-state index contributed by atoms with van der Waals surface area (Å²) in [5.41, 5.74) is 2.57. The number of anilines is 1. The van der Waals surface area contributed by atoms with Gasteiger partial charge in [0.15, 0.2) is 0 Å². The maximum atomic E-state index is 4.88. The lowest BCUT2D eigenvalue weighted by atomic mass is 10.1. The van der Waals surface area contributed by atoms with Crippen LogP contribution in [-0.4, -0.2) is 35.1 Å². The first-order chi connectivity index (χ1) is 10.2. The molecular weight excluding hydrogens is 278 g/mol. The summed E-state index contributed by atoms with van der Waals surface area (Å²) >= 11 is 2.07. The molecule has 1 N–H and O–H groups in total. The molecule has 0 aromatic carbocycles. The molecule has 0 aliphatic carbocycles. The van der Waals surface area contributed by atoms with Gasteiger partial charge in [0.25, 0.3) is 0 Å². The molecule has 2 unspecified atom stereocenters. The number of thioether (sulfide) groups is 1. The molecule has 1 aromatic heterocycles. The summed E-state index contributed by atoms with van der Waals surface area (Å²) < 4.78 is 0. The Bertz CT molecular complexity index is 450. The van der Waals surface area contributed by atoms with Crippen LogP contribution in [0.1, 0.15) is 45.4 Å². The third-order valence-corrected chi connectivity index (χ3v) is 5.56. The van der Waals surface area contributed by atoms with Gasteiger partial charge in [-0.1, -0.05) is 20.8 Å². The van der Waals surface area contributed by atoms with Gasteiger partial charge in [-0.2, -0.15) is 11.8 Å². The Morgan fingerprint density at radius 2 is 2.14 bits per heavy atom. The van der Waals surface area contributed by atoms with Crippen LogP contribution >= 0.6 is 11.8 Å². The molecule has 2 heterocycles. The smallest absolute Gasteiger partial charge is 0.129 e. The molecule has 4 heteroatoms. The first-order valence-electron chi connectivity index (χ1n) is 8.24. The summed E-state index contributed by atoms with van der Waals surface area (Å²) in [4.78, 5) is 7.37. The molecule has 1 fully saturated rings. The quantitative estimate of drug-likeness (QED) is 0.815. The number of nitrogens with one attached hydrogen (secondary N) is 1. The second-order valence-electron chi connectivity index (χ2n) is 5.87. The summed E-state index contributed by atoms with van der Waals surface area (Å²) in [5.74, 6) is 2.37. The lowest BCUT2D eigenvalue weighted by Gasteiger charge is -2.38. The normalized spacial score (nSPS) is 22.6. The fourth-order valence-electron chi connectivity index (χ4n) is 2.73. The molecule has 0 spiro atoms. The highest BCUT2D eigenvalue weighted by atomic mass is 32.2. The average Bonchev–Trinajstić information content (AvgIpc) is 2.50. The van der Waals surface area contributed by atoms with Gasteiger partial charge in [0.2, 0.25) is 0 Å². The highest BCUT2D eigenvalue weighted by Crippen LogP contribution is 2.28. The standard InChI is InChI=1S/C17H29N3S/c1-5-7-18-12-15-10-16(6-2)19-17(11-15)20-8-9-21-14(4)13(20)3/h10-11,13-14,18H,5-9,12H2,1-4H3. The molecule has 1 aromatic rings. The van der Waals surface area contributed by atoms with Crippen LogP contribution in [0.2, 0.25) is 0 Å². The molecule has 118 valence electrons. The summed E-state index contributed by atoms with van der Waals surface area (Å²) in [6.07, 6.45) is 2.18. The average molecular weight is 308 g/mol. The Labute approximate surface area is 133 Å². The van der Waals surface area contributed by atoms with E-state index in [1.165, 1.54) is 29.2 Å². The Morgan fingerprint density at radius 3 is 2.86 bits per heavy atom. The SMILES string of the molecule is CCCNCc1cc(CC)nc(N2CCSC(C)C2C)c1. The molecule has 0 saturated carbocycles. The van der Waals surface area contributed by atoms with Gasteiger partial charge < -0.3 is 10.2 Å². The van der Waals surface area contributed by atoms with E-state index in [9.17, 15) is 0 Å². The fraction of sp³-hybridized carbons (Fsp3) is 0.706. The van der Waals surface area contributed by atoms with E-state index < -0.39 is 0 Å². The van der Waals surface area contributed by atoms with Gasteiger partial charge in [-0.15, -0.1) is 0 Å². The first-order valence-corrected chi connectivity index (χ1v) is 9.29. The lowest BCUT2D eigenvalue weighted by molar-refractivity contribution is 0.617. The topological polar surface area (TPSA) is 28.2 Å². The van der Waals surface area contributed by atoms with Gasteiger partial charge in [-0.05, 0) is 44.0 Å². The fourth-order valence-corrected chi connectivity index (χ4v) is 3.83. The molecule has 2 rings (SSSR count). The number of hydrogen-bond acceptors (Lipinski definition) is 4. The second kappa shape index (κ2) is 8.04. The number of hydrogen-bond donors (Lipinski definition) is 1. The molecule has 0 amide bonds. The Morgan fingerprint density at radius 1 is 1.33 bits per heavy atom. The van der Waals surface area contributed by atoms with E-state index in [1.54, 1.807) is 0 Å². The number of aromatic nitrogens is 1. The van der Waals surface area contributed by atoms with Crippen LogP contribution in [0.15, 0.2) is 12.1 Å². The van der Waals surface area contributed by atoms with Crippen molar-refractivity contribution >= 4 is 17.6 Å². The van der Waals surface area contributed by atoms with E-state index in [-0.39, 0.29) is 0 Å². The van der Waals surface area contributed by atoms with Gasteiger partial charge in [-0.3, -0.25) is 0 Å². The first kappa shape index (κ1) is 16.6. The van der Waals surface area contributed by atoms with Crippen LogP contribution in [0.3, 0.4) is 0 Å². The molecule has 0 bridgehead atoms. The van der Waals surface area contributed by atoms with E-state index in [2.05, 4.69) is 61.8 Å². The van der Waals surface area contributed by atoms with Gasteiger partial charge in [0.1, 0.15) is 5.82 Å². The van der Waals surface area contributed by atoms with Gasteiger partial charge in [0.05, 0.1) is 0 Å². The highest BCUT2D eigenvalue weighted by Gasteiger charge is 2.26. The summed E-state index contributed by atoms with van der Waals surface area (Å²) in [6, 6.07) is 5.08. The molecule has 2 atom stereocenters. The molecule has 1 aliphatic rings. The predicted molar refractivity (Wildman–Crippen MR) is 94.3 cm³/mol. The minimum absolute atomic E-state index is 0.555. The zero-order chi connectivity index (χ0) is 15.2. The van der Waals surface area contributed by atoms with Crippen molar-refractivity contribution in [2.75, 3.05) is 23.7 Å². The zero-order valence-electron chi connectivity index (χ0n) is 13.9. The van der Waals surface area contributed by atoms with E-state index >= 15 is 0 Å². The maximum absolute atomic E-state index is 4.88. The van der Waals surface area contributed by atoms with Crippen LogP contribution in [0, 0.1) is 0 Å². The molecule has 21 heavy (non-hydrogen) atoms. The Kier molecular flexibility index (Phi) is 6.37. The molecule has 3 nitrogen and oxygen atoms in total. The van der Waals surface area contributed by atoms with Crippen molar-refractivity contribution in [3.05, 3.63) is 23.4 Å². The van der Waals surface area contributed by atoms with Crippen molar-refractivity contribution in [3.63, 3.8) is 0 Å². The molecule has 1 saturated heterocycles.